The lowest BCUT2D eigenvalue weighted by Crippen LogP contribution is -2.25. The summed E-state index contributed by atoms with van der Waals surface area (Å²) >= 11 is 0. The second kappa shape index (κ2) is 4.40. The molecule has 1 saturated heterocycles. The van der Waals surface area contributed by atoms with E-state index in [1.54, 1.807) is 0 Å². The zero-order valence-electron chi connectivity index (χ0n) is 10.0. The Morgan fingerprint density at radius 2 is 2.11 bits per heavy atom. The van der Waals surface area contributed by atoms with Crippen LogP contribution in [0.5, 0.6) is 0 Å². The molecule has 0 spiro atoms. The third-order valence-electron chi connectivity index (χ3n) is 3.55. The van der Waals surface area contributed by atoms with Gasteiger partial charge in [0.15, 0.2) is 9.84 Å². The Labute approximate surface area is 106 Å². The van der Waals surface area contributed by atoms with Crippen LogP contribution in [0.1, 0.15) is 12.0 Å². The van der Waals surface area contributed by atoms with Gasteiger partial charge in [-0.05, 0) is 24.6 Å². The van der Waals surface area contributed by atoms with Crippen molar-refractivity contribution < 1.29 is 8.42 Å². The fraction of sp³-hybridized carbons (Fsp3) is 0.385. The molecule has 96 valence electrons. The third kappa shape index (κ3) is 2.04. The monoisotopic (exact) mass is 264 g/mol. The van der Waals surface area contributed by atoms with Crippen molar-refractivity contribution in [3.8, 4) is 0 Å². The highest BCUT2D eigenvalue weighted by Crippen LogP contribution is 2.22. The molecule has 1 aromatic heterocycles. The van der Waals surface area contributed by atoms with E-state index < -0.39 is 9.84 Å². The average molecular weight is 264 g/mol. The Bertz CT molecular complexity index is 654. The maximum Gasteiger partial charge on any atom is 0.158 e. The van der Waals surface area contributed by atoms with Crippen molar-refractivity contribution in [2.75, 3.05) is 13.1 Å². The molecule has 1 aliphatic rings. The first-order valence-corrected chi connectivity index (χ1v) is 7.85. The summed E-state index contributed by atoms with van der Waals surface area (Å²) in [4.78, 5) is 3.12. The predicted octanol–water partition coefficient (Wildman–Crippen LogP) is 1.44. The van der Waals surface area contributed by atoms with E-state index in [1.165, 1.54) is 0 Å². The molecule has 0 bridgehead atoms. The van der Waals surface area contributed by atoms with Gasteiger partial charge >= 0.3 is 0 Å². The second-order valence-electron chi connectivity index (χ2n) is 4.78. The van der Waals surface area contributed by atoms with Crippen molar-refractivity contribution in [3.63, 3.8) is 0 Å². The quantitative estimate of drug-likeness (QED) is 0.882. The van der Waals surface area contributed by atoms with Crippen LogP contribution in [0.15, 0.2) is 30.5 Å². The van der Waals surface area contributed by atoms with Gasteiger partial charge in [0, 0.05) is 23.6 Å². The summed E-state index contributed by atoms with van der Waals surface area (Å²) in [6.45, 7) is 1.39. The Hall–Kier alpha value is -1.33. The number of sulfone groups is 1. The van der Waals surface area contributed by atoms with Crippen LogP contribution in [0.25, 0.3) is 10.9 Å². The minimum atomic E-state index is -3.06. The van der Waals surface area contributed by atoms with Gasteiger partial charge in [0.1, 0.15) is 0 Å². The summed E-state index contributed by atoms with van der Waals surface area (Å²) in [6, 6.07) is 7.80. The van der Waals surface area contributed by atoms with Crippen molar-refractivity contribution in [2.24, 2.45) is 0 Å². The fourth-order valence-corrected chi connectivity index (χ4v) is 4.28. The van der Waals surface area contributed by atoms with Gasteiger partial charge in [-0.2, -0.15) is 0 Å². The topological polar surface area (TPSA) is 62.0 Å². The van der Waals surface area contributed by atoms with E-state index in [2.05, 4.69) is 10.3 Å². The maximum absolute atomic E-state index is 12.3. The number of aromatic nitrogens is 1. The van der Waals surface area contributed by atoms with Crippen LogP contribution in [0.2, 0.25) is 0 Å². The Balaban J connectivity index is 1.92. The molecule has 0 saturated carbocycles. The lowest BCUT2D eigenvalue weighted by molar-refractivity contribution is 0.582. The molecule has 1 unspecified atom stereocenters. The summed E-state index contributed by atoms with van der Waals surface area (Å²) in [6.07, 6.45) is 2.54. The van der Waals surface area contributed by atoms with Crippen molar-refractivity contribution in [2.45, 2.75) is 17.4 Å². The number of hydrogen-bond acceptors (Lipinski definition) is 3. The van der Waals surface area contributed by atoms with Crippen LogP contribution < -0.4 is 5.32 Å². The van der Waals surface area contributed by atoms with Gasteiger partial charge in [-0.25, -0.2) is 8.42 Å². The largest absolute Gasteiger partial charge is 0.361 e. The van der Waals surface area contributed by atoms with Crippen LogP contribution in [0.3, 0.4) is 0 Å². The molecule has 2 aromatic rings. The molecule has 2 heterocycles. The molecular formula is C13H16N2O2S. The van der Waals surface area contributed by atoms with Gasteiger partial charge in [0.25, 0.3) is 0 Å². The second-order valence-corrected chi connectivity index (χ2v) is 7.06. The normalized spacial score (nSPS) is 20.6. The number of nitrogens with one attached hydrogen (secondary N) is 2. The smallest absolute Gasteiger partial charge is 0.158 e. The minimum Gasteiger partial charge on any atom is -0.361 e. The molecule has 2 N–H and O–H groups in total. The van der Waals surface area contributed by atoms with Gasteiger partial charge < -0.3 is 10.3 Å². The average Bonchev–Trinajstić information content (AvgIpc) is 2.99. The van der Waals surface area contributed by atoms with Gasteiger partial charge in [0.05, 0.1) is 11.0 Å². The molecule has 0 amide bonds. The molecule has 0 aliphatic carbocycles. The van der Waals surface area contributed by atoms with E-state index in [0.717, 1.165) is 29.4 Å². The van der Waals surface area contributed by atoms with E-state index in [9.17, 15) is 8.42 Å². The van der Waals surface area contributed by atoms with Gasteiger partial charge in [-0.15, -0.1) is 0 Å². The first-order chi connectivity index (χ1) is 8.67. The third-order valence-corrected chi connectivity index (χ3v) is 5.69. The molecule has 4 nitrogen and oxygen atoms in total. The standard InChI is InChI=1S/C13H16N2O2S/c16-18(17,11-5-6-14-8-11)9-10-7-15-13-4-2-1-3-12(10)13/h1-4,7,11,14-15H,5-6,8-9H2. The van der Waals surface area contributed by atoms with Crippen molar-refractivity contribution in [1.82, 2.24) is 10.3 Å². The predicted molar refractivity (Wildman–Crippen MR) is 72.2 cm³/mol. The van der Waals surface area contributed by atoms with Crippen molar-refractivity contribution in [1.29, 1.82) is 0 Å². The van der Waals surface area contributed by atoms with Crippen LogP contribution in [-0.2, 0) is 15.6 Å². The summed E-state index contributed by atoms with van der Waals surface area (Å²) in [5, 5.41) is 3.88. The highest BCUT2D eigenvalue weighted by atomic mass is 32.2. The Morgan fingerprint density at radius 1 is 1.28 bits per heavy atom. The van der Waals surface area contributed by atoms with Crippen LogP contribution in [-0.4, -0.2) is 31.7 Å². The van der Waals surface area contributed by atoms with E-state index in [1.807, 2.05) is 30.5 Å². The molecular weight excluding hydrogens is 248 g/mol. The molecule has 18 heavy (non-hydrogen) atoms. The van der Waals surface area contributed by atoms with Crippen molar-refractivity contribution >= 4 is 20.7 Å². The van der Waals surface area contributed by atoms with Crippen LogP contribution in [0, 0.1) is 0 Å². The first-order valence-electron chi connectivity index (χ1n) is 6.14. The number of fused-ring (bicyclic) bond motifs is 1. The highest BCUT2D eigenvalue weighted by Gasteiger charge is 2.29. The maximum atomic E-state index is 12.3. The Kier molecular flexibility index (Phi) is 2.87. The fourth-order valence-electron chi connectivity index (χ4n) is 2.52. The van der Waals surface area contributed by atoms with Gasteiger partial charge in [-0.1, -0.05) is 18.2 Å². The molecule has 5 heteroatoms. The Morgan fingerprint density at radius 3 is 2.89 bits per heavy atom. The van der Waals surface area contributed by atoms with E-state index in [-0.39, 0.29) is 11.0 Å². The molecule has 0 radical (unpaired) electrons. The molecule has 1 aromatic carbocycles. The molecule has 1 atom stereocenters. The summed E-state index contributed by atoms with van der Waals surface area (Å²) < 4.78 is 24.6. The molecule has 1 fully saturated rings. The number of para-hydroxylation sites is 1. The van der Waals surface area contributed by atoms with Crippen LogP contribution >= 0.6 is 0 Å². The van der Waals surface area contributed by atoms with E-state index in [4.69, 9.17) is 0 Å². The first kappa shape index (κ1) is 11.7. The number of benzene rings is 1. The highest BCUT2D eigenvalue weighted by molar-refractivity contribution is 7.91. The zero-order chi connectivity index (χ0) is 12.6. The number of rotatable bonds is 3. The van der Waals surface area contributed by atoms with Crippen molar-refractivity contribution in [3.05, 3.63) is 36.0 Å². The lowest BCUT2D eigenvalue weighted by atomic mass is 10.2. The summed E-state index contributed by atoms with van der Waals surface area (Å²) in [7, 11) is -3.06. The number of hydrogen-bond donors (Lipinski definition) is 2. The summed E-state index contributed by atoms with van der Waals surface area (Å²) in [5.41, 5.74) is 1.87. The number of H-pyrrole nitrogens is 1. The zero-order valence-corrected chi connectivity index (χ0v) is 10.8. The molecule has 3 rings (SSSR count). The lowest BCUT2D eigenvalue weighted by Gasteiger charge is -2.09. The van der Waals surface area contributed by atoms with E-state index in [0.29, 0.717) is 6.54 Å². The van der Waals surface area contributed by atoms with Gasteiger partial charge in [-0.3, -0.25) is 0 Å². The molecule has 1 aliphatic heterocycles. The minimum absolute atomic E-state index is 0.128. The number of aromatic amines is 1. The van der Waals surface area contributed by atoms with Crippen LogP contribution in [0.4, 0.5) is 0 Å². The summed E-state index contributed by atoms with van der Waals surface area (Å²) in [5.74, 6) is 0.128. The van der Waals surface area contributed by atoms with Gasteiger partial charge in [0.2, 0.25) is 0 Å². The SMILES string of the molecule is O=S(=O)(Cc1c[nH]c2ccccc12)C1CCNC1. The van der Waals surface area contributed by atoms with E-state index >= 15 is 0 Å².